The molecule has 23 heavy (non-hydrogen) atoms. The summed E-state index contributed by atoms with van der Waals surface area (Å²) in [5, 5.41) is 7.01. The Morgan fingerprint density at radius 2 is 2.04 bits per heavy atom. The van der Waals surface area contributed by atoms with Gasteiger partial charge < -0.3 is 10.6 Å². The number of aromatic nitrogens is 1. The van der Waals surface area contributed by atoms with E-state index in [1.165, 1.54) is 44.1 Å². The average molecular weight is 316 g/mol. The summed E-state index contributed by atoms with van der Waals surface area (Å²) < 4.78 is 0. The summed E-state index contributed by atoms with van der Waals surface area (Å²) in [7, 11) is 1.85. The number of aryl methyl sites for hydroxylation is 1. The Hall–Kier alpha value is -1.58. The molecule has 0 saturated heterocycles. The van der Waals surface area contributed by atoms with Crippen molar-refractivity contribution in [1.82, 2.24) is 15.6 Å². The second kappa shape index (κ2) is 9.53. The van der Waals surface area contributed by atoms with Gasteiger partial charge in [0.15, 0.2) is 5.96 Å². The van der Waals surface area contributed by atoms with Crippen LogP contribution in [0.25, 0.3) is 0 Å². The third-order valence-corrected chi connectivity index (χ3v) is 4.79. The maximum absolute atomic E-state index is 4.36. The first-order chi connectivity index (χ1) is 11.2. The predicted octanol–water partition coefficient (Wildman–Crippen LogP) is 3.46. The van der Waals surface area contributed by atoms with Gasteiger partial charge in [0.2, 0.25) is 0 Å². The first kappa shape index (κ1) is 17.8. The molecule has 4 heteroatoms. The summed E-state index contributed by atoms with van der Waals surface area (Å²) in [6, 6.07) is 4.79. The molecule has 1 heterocycles. The van der Waals surface area contributed by atoms with Gasteiger partial charge in [-0.2, -0.15) is 0 Å². The lowest BCUT2D eigenvalue weighted by Crippen LogP contribution is -2.45. The molecule has 0 unspecified atom stereocenters. The van der Waals surface area contributed by atoms with Crippen molar-refractivity contribution in [3.8, 4) is 0 Å². The van der Waals surface area contributed by atoms with E-state index in [-0.39, 0.29) is 0 Å². The predicted molar refractivity (Wildman–Crippen MR) is 97.8 cm³/mol. The van der Waals surface area contributed by atoms with E-state index in [9.17, 15) is 0 Å². The Labute approximate surface area is 141 Å². The van der Waals surface area contributed by atoms with Crippen LogP contribution in [-0.2, 0) is 6.42 Å². The molecule has 0 atom stereocenters. The highest BCUT2D eigenvalue weighted by Gasteiger charge is 2.21. The SMILES string of the molecule is CCCC1CCC(NC(=NC)NCCc2ccc(C)nc2)CC1. The number of hydrogen-bond donors (Lipinski definition) is 2. The van der Waals surface area contributed by atoms with Gasteiger partial charge in [-0.15, -0.1) is 0 Å². The largest absolute Gasteiger partial charge is 0.356 e. The van der Waals surface area contributed by atoms with Crippen molar-refractivity contribution < 1.29 is 0 Å². The second-order valence-electron chi connectivity index (χ2n) is 6.71. The number of nitrogens with one attached hydrogen (secondary N) is 2. The molecule has 0 spiro atoms. The molecular weight excluding hydrogens is 284 g/mol. The molecule has 2 N–H and O–H groups in total. The minimum absolute atomic E-state index is 0.579. The van der Waals surface area contributed by atoms with Gasteiger partial charge in [0.05, 0.1) is 0 Å². The zero-order valence-corrected chi connectivity index (χ0v) is 14.9. The fourth-order valence-electron chi connectivity index (χ4n) is 3.36. The zero-order chi connectivity index (χ0) is 16.5. The van der Waals surface area contributed by atoms with E-state index >= 15 is 0 Å². The molecule has 0 amide bonds. The van der Waals surface area contributed by atoms with E-state index in [4.69, 9.17) is 0 Å². The highest BCUT2D eigenvalue weighted by Crippen LogP contribution is 2.27. The molecule has 1 aromatic rings. The molecular formula is C19H32N4. The molecule has 1 aromatic heterocycles. The minimum atomic E-state index is 0.579. The van der Waals surface area contributed by atoms with Crippen LogP contribution in [0.2, 0.25) is 0 Å². The summed E-state index contributed by atoms with van der Waals surface area (Å²) in [5.41, 5.74) is 2.33. The van der Waals surface area contributed by atoms with E-state index in [0.717, 1.165) is 30.5 Å². The summed E-state index contributed by atoms with van der Waals surface area (Å²) in [6.45, 7) is 5.19. The molecule has 0 bridgehead atoms. The Morgan fingerprint density at radius 3 is 2.65 bits per heavy atom. The van der Waals surface area contributed by atoms with E-state index in [1.807, 2.05) is 20.2 Å². The van der Waals surface area contributed by atoms with Crippen LogP contribution in [0.15, 0.2) is 23.3 Å². The van der Waals surface area contributed by atoms with Crippen molar-refractivity contribution in [3.05, 3.63) is 29.6 Å². The molecule has 1 fully saturated rings. The highest BCUT2D eigenvalue weighted by atomic mass is 15.2. The zero-order valence-electron chi connectivity index (χ0n) is 14.9. The van der Waals surface area contributed by atoms with Gasteiger partial charge in [0.1, 0.15) is 0 Å². The standard InChI is InChI=1S/C19H32N4/c1-4-5-16-8-10-18(11-9-16)23-19(20-3)21-13-12-17-7-6-15(2)22-14-17/h6-7,14,16,18H,4-5,8-13H2,1-3H3,(H2,20,21,23). The van der Waals surface area contributed by atoms with Crippen molar-refractivity contribution in [2.75, 3.05) is 13.6 Å². The summed E-state index contributed by atoms with van der Waals surface area (Å²) >= 11 is 0. The van der Waals surface area contributed by atoms with Gasteiger partial charge >= 0.3 is 0 Å². The minimum Gasteiger partial charge on any atom is -0.356 e. The van der Waals surface area contributed by atoms with Crippen LogP contribution >= 0.6 is 0 Å². The van der Waals surface area contributed by atoms with Gasteiger partial charge in [-0.1, -0.05) is 25.8 Å². The van der Waals surface area contributed by atoms with Crippen molar-refractivity contribution in [3.63, 3.8) is 0 Å². The Morgan fingerprint density at radius 1 is 1.26 bits per heavy atom. The fourth-order valence-corrected chi connectivity index (χ4v) is 3.36. The van der Waals surface area contributed by atoms with Crippen LogP contribution < -0.4 is 10.6 Å². The average Bonchev–Trinajstić information content (AvgIpc) is 2.57. The van der Waals surface area contributed by atoms with Gasteiger partial charge in [-0.3, -0.25) is 9.98 Å². The quantitative estimate of drug-likeness (QED) is 0.624. The first-order valence-electron chi connectivity index (χ1n) is 9.10. The Kier molecular flexibility index (Phi) is 7.37. The topological polar surface area (TPSA) is 49.3 Å². The van der Waals surface area contributed by atoms with Gasteiger partial charge in [-0.05, 0) is 56.6 Å². The van der Waals surface area contributed by atoms with Crippen LogP contribution in [0.4, 0.5) is 0 Å². The lowest BCUT2D eigenvalue weighted by molar-refractivity contribution is 0.295. The summed E-state index contributed by atoms with van der Waals surface area (Å²) in [6.07, 6.45) is 10.9. The van der Waals surface area contributed by atoms with E-state index in [0.29, 0.717) is 6.04 Å². The number of hydrogen-bond acceptors (Lipinski definition) is 2. The maximum atomic E-state index is 4.36. The van der Waals surface area contributed by atoms with Crippen molar-refractivity contribution >= 4 is 5.96 Å². The van der Waals surface area contributed by atoms with Crippen molar-refractivity contribution in [1.29, 1.82) is 0 Å². The van der Waals surface area contributed by atoms with Crippen LogP contribution in [0.1, 0.15) is 56.7 Å². The molecule has 2 rings (SSSR count). The van der Waals surface area contributed by atoms with Crippen LogP contribution in [-0.4, -0.2) is 30.6 Å². The van der Waals surface area contributed by atoms with Gasteiger partial charge in [0, 0.05) is 31.5 Å². The number of guanidine groups is 1. The molecule has 0 aliphatic heterocycles. The molecule has 1 aliphatic rings. The van der Waals surface area contributed by atoms with E-state index in [2.05, 4.69) is 39.7 Å². The van der Waals surface area contributed by atoms with Gasteiger partial charge in [-0.25, -0.2) is 0 Å². The Bertz CT molecular complexity index is 473. The van der Waals surface area contributed by atoms with E-state index < -0.39 is 0 Å². The third kappa shape index (κ3) is 6.20. The lowest BCUT2D eigenvalue weighted by Gasteiger charge is -2.30. The number of aliphatic imine (C=N–C) groups is 1. The molecule has 1 saturated carbocycles. The molecule has 128 valence electrons. The molecule has 0 radical (unpaired) electrons. The second-order valence-corrected chi connectivity index (χ2v) is 6.71. The monoisotopic (exact) mass is 316 g/mol. The van der Waals surface area contributed by atoms with Crippen LogP contribution in [0.5, 0.6) is 0 Å². The molecule has 1 aliphatic carbocycles. The smallest absolute Gasteiger partial charge is 0.191 e. The van der Waals surface area contributed by atoms with Crippen molar-refractivity contribution in [2.24, 2.45) is 10.9 Å². The Balaban J connectivity index is 1.68. The normalized spacial score (nSPS) is 22.0. The van der Waals surface area contributed by atoms with Crippen LogP contribution in [0.3, 0.4) is 0 Å². The summed E-state index contributed by atoms with van der Waals surface area (Å²) in [4.78, 5) is 8.70. The first-order valence-corrected chi connectivity index (χ1v) is 9.10. The van der Waals surface area contributed by atoms with E-state index in [1.54, 1.807) is 0 Å². The maximum Gasteiger partial charge on any atom is 0.191 e. The fraction of sp³-hybridized carbons (Fsp3) is 0.684. The number of rotatable bonds is 6. The molecule has 4 nitrogen and oxygen atoms in total. The highest BCUT2D eigenvalue weighted by molar-refractivity contribution is 5.79. The summed E-state index contributed by atoms with van der Waals surface area (Å²) in [5.74, 6) is 1.88. The molecule has 0 aromatic carbocycles. The number of nitrogens with zero attached hydrogens (tertiary/aromatic N) is 2. The van der Waals surface area contributed by atoms with Crippen LogP contribution in [0, 0.1) is 12.8 Å². The van der Waals surface area contributed by atoms with Gasteiger partial charge in [0.25, 0.3) is 0 Å². The van der Waals surface area contributed by atoms with Crippen molar-refractivity contribution in [2.45, 2.75) is 64.8 Å². The number of pyridine rings is 1. The third-order valence-electron chi connectivity index (χ3n) is 4.79. The lowest BCUT2D eigenvalue weighted by atomic mass is 9.83.